The van der Waals surface area contributed by atoms with Gasteiger partial charge in [0.2, 0.25) is 0 Å². The Balaban J connectivity index is 1.38. The molecule has 0 N–H and O–H groups in total. The standard InChI is InChI=1S/C28H33N5O3/c1-17-13-18(11-12-33(17)27(34)36-28(2,3)4)21-7-9-24-23(29-21)10-8-22(30-24)20-14-19-16-32(5)31-25(19)15-26(20)35-6/h7-10,14-18H,11-13H2,1-6H3. The van der Waals surface area contributed by atoms with Gasteiger partial charge in [0.1, 0.15) is 11.4 Å². The molecule has 4 heterocycles. The van der Waals surface area contributed by atoms with Crippen LogP contribution in [0.4, 0.5) is 4.79 Å². The summed E-state index contributed by atoms with van der Waals surface area (Å²) in [4.78, 5) is 24.3. The number of carbonyl (C=O) groups excluding carboxylic acids is 1. The molecule has 2 atom stereocenters. The summed E-state index contributed by atoms with van der Waals surface area (Å²) in [5.74, 6) is 1.03. The van der Waals surface area contributed by atoms with Gasteiger partial charge in [0.05, 0.1) is 29.4 Å². The van der Waals surface area contributed by atoms with E-state index in [9.17, 15) is 4.79 Å². The van der Waals surface area contributed by atoms with Crippen molar-refractivity contribution >= 4 is 28.0 Å². The Labute approximate surface area is 211 Å². The Morgan fingerprint density at radius 2 is 1.81 bits per heavy atom. The van der Waals surface area contributed by atoms with E-state index in [0.29, 0.717) is 6.54 Å². The van der Waals surface area contributed by atoms with E-state index in [1.54, 1.807) is 11.8 Å². The minimum absolute atomic E-state index is 0.0893. The van der Waals surface area contributed by atoms with Crippen LogP contribution in [0.5, 0.6) is 5.75 Å². The molecule has 1 amide bonds. The van der Waals surface area contributed by atoms with Crippen LogP contribution in [0.25, 0.3) is 33.2 Å². The van der Waals surface area contributed by atoms with Crippen molar-refractivity contribution in [3.05, 3.63) is 48.3 Å². The lowest BCUT2D eigenvalue weighted by Crippen LogP contribution is -2.46. The molecule has 4 aromatic rings. The van der Waals surface area contributed by atoms with Crippen molar-refractivity contribution in [1.82, 2.24) is 24.6 Å². The van der Waals surface area contributed by atoms with Crippen LogP contribution in [0.2, 0.25) is 0 Å². The van der Waals surface area contributed by atoms with E-state index in [4.69, 9.17) is 19.4 Å². The molecule has 2 unspecified atom stereocenters. The monoisotopic (exact) mass is 487 g/mol. The summed E-state index contributed by atoms with van der Waals surface area (Å²) in [5.41, 5.74) is 4.89. The van der Waals surface area contributed by atoms with Crippen LogP contribution in [-0.4, -0.2) is 56.0 Å². The number of methoxy groups -OCH3 is 1. The first-order valence-electron chi connectivity index (χ1n) is 12.4. The zero-order valence-corrected chi connectivity index (χ0v) is 21.8. The lowest BCUT2D eigenvalue weighted by Gasteiger charge is -2.38. The molecule has 0 spiro atoms. The largest absolute Gasteiger partial charge is 0.496 e. The summed E-state index contributed by atoms with van der Waals surface area (Å²) in [7, 11) is 3.57. The van der Waals surface area contributed by atoms with Crippen molar-refractivity contribution in [3.8, 4) is 17.0 Å². The Morgan fingerprint density at radius 1 is 1.06 bits per heavy atom. The minimum Gasteiger partial charge on any atom is -0.496 e. The van der Waals surface area contributed by atoms with Crippen molar-refractivity contribution in [1.29, 1.82) is 0 Å². The van der Waals surface area contributed by atoms with E-state index in [-0.39, 0.29) is 18.1 Å². The summed E-state index contributed by atoms with van der Waals surface area (Å²) in [5, 5.41) is 5.51. The molecule has 0 radical (unpaired) electrons. The molecule has 1 aromatic carbocycles. The van der Waals surface area contributed by atoms with Crippen LogP contribution in [-0.2, 0) is 11.8 Å². The van der Waals surface area contributed by atoms with E-state index < -0.39 is 5.60 Å². The fourth-order valence-electron chi connectivity index (χ4n) is 4.98. The number of benzene rings is 1. The first-order chi connectivity index (χ1) is 17.1. The number of nitrogens with zero attached hydrogens (tertiary/aromatic N) is 5. The van der Waals surface area contributed by atoms with E-state index in [1.165, 1.54) is 0 Å². The fourth-order valence-corrected chi connectivity index (χ4v) is 4.98. The predicted molar refractivity (Wildman–Crippen MR) is 140 cm³/mol. The van der Waals surface area contributed by atoms with Crippen LogP contribution in [0, 0.1) is 0 Å². The number of aromatic nitrogens is 4. The third-order valence-corrected chi connectivity index (χ3v) is 6.70. The number of carbonyl (C=O) groups is 1. The third-order valence-electron chi connectivity index (χ3n) is 6.70. The topological polar surface area (TPSA) is 82.4 Å². The molecule has 36 heavy (non-hydrogen) atoms. The maximum atomic E-state index is 12.6. The second-order valence-corrected chi connectivity index (χ2v) is 10.6. The number of amides is 1. The molecule has 0 bridgehead atoms. The molecular weight excluding hydrogens is 454 g/mol. The number of ether oxygens (including phenoxy) is 2. The normalized spacial score (nSPS) is 18.6. The zero-order valence-electron chi connectivity index (χ0n) is 21.8. The van der Waals surface area contributed by atoms with Crippen LogP contribution in [0.3, 0.4) is 0 Å². The number of aryl methyl sites for hydroxylation is 1. The van der Waals surface area contributed by atoms with E-state index in [2.05, 4.69) is 24.2 Å². The molecule has 1 saturated heterocycles. The molecule has 5 rings (SSSR count). The number of likely N-dealkylation sites (tertiary alicyclic amines) is 1. The SMILES string of the molecule is COc1cc2nn(C)cc2cc1-c1ccc2nc(C3CCN(C(=O)OC(C)(C)C)C(C)C3)ccc2n1. The quantitative estimate of drug-likeness (QED) is 0.369. The highest BCUT2D eigenvalue weighted by molar-refractivity contribution is 5.88. The van der Waals surface area contributed by atoms with Gasteiger partial charge >= 0.3 is 6.09 Å². The molecular formula is C28H33N5O3. The molecule has 3 aromatic heterocycles. The van der Waals surface area contributed by atoms with Crippen molar-refractivity contribution in [2.24, 2.45) is 7.05 Å². The Hall–Kier alpha value is -3.68. The van der Waals surface area contributed by atoms with Crippen molar-refractivity contribution in [3.63, 3.8) is 0 Å². The average Bonchev–Trinajstić information content (AvgIpc) is 3.20. The van der Waals surface area contributed by atoms with Gasteiger partial charge in [-0.25, -0.2) is 9.78 Å². The molecule has 188 valence electrons. The second-order valence-electron chi connectivity index (χ2n) is 10.6. The Morgan fingerprint density at radius 3 is 2.53 bits per heavy atom. The number of hydrogen-bond donors (Lipinski definition) is 0. The maximum Gasteiger partial charge on any atom is 0.410 e. The average molecular weight is 488 g/mol. The number of piperidine rings is 1. The van der Waals surface area contributed by atoms with Gasteiger partial charge in [0.25, 0.3) is 0 Å². The highest BCUT2D eigenvalue weighted by atomic mass is 16.6. The summed E-state index contributed by atoms with van der Waals surface area (Å²) in [6.45, 7) is 8.43. The lowest BCUT2D eigenvalue weighted by atomic mass is 9.88. The number of pyridine rings is 2. The lowest BCUT2D eigenvalue weighted by molar-refractivity contribution is 0.0102. The van der Waals surface area contributed by atoms with Crippen LogP contribution < -0.4 is 4.74 Å². The minimum atomic E-state index is -0.493. The molecule has 1 fully saturated rings. The first-order valence-corrected chi connectivity index (χ1v) is 12.4. The number of hydrogen-bond acceptors (Lipinski definition) is 6. The van der Waals surface area contributed by atoms with Gasteiger partial charge < -0.3 is 14.4 Å². The van der Waals surface area contributed by atoms with Crippen LogP contribution >= 0.6 is 0 Å². The Bertz CT molecular complexity index is 1440. The highest BCUT2D eigenvalue weighted by Gasteiger charge is 2.33. The summed E-state index contributed by atoms with van der Waals surface area (Å²) in [6, 6.07) is 12.2. The molecule has 1 aliphatic rings. The van der Waals surface area contributed by atoms with E-state index in [1.807, 2.05) is 63.2 Å². The first kappa shape index (κ1) is 24.0. The highest BCUT2D eigenvalue weighted by Crippen LogP contribution is 2.35. The fraction of sp³-hybridized carbons (Fsp3) is 0.429. The van der Waals surface area contributed by atoms with Crippen molar-refractivity contribution in [2.75, 3.05) is 13.7 Å². The molecule has 8 nitrogen and oxygen atoms in total. The van der Waals surface area contributed by atoms with Crippen LogP contribution in [0.1, 0.15) is 52.1 Å². The summed E-state index contributed by atoms with van der Waals surface area (Å²) < 4.78 is 13.0. The van der Waals surface area contributed by atoms with Gasteiger partial charge in [-0.1, -0.05) is 0 Å². The van der Waals surface area contributed by atoms with Gasteiger partial charge in [0.15, 0.2) is 0 Å². The molecule has 1 aliphatic heterocycles. The maximum absolute atomic E-state index is 12.6. The van der Waals surface area contributed by atoms with Crippen molar-refractivity contribution < 1.29 is 14.3 Å². The number of rotatable bonds is 3. The second kappa shape index (κ2) is 9.08. The van der Waals surface area contributed by atoms with Gasteiger partial charge in [-0.2, -0.15) is 5.10 Å². The molecule has 0 saturated carbocycles. The third kappa shape index (κ3) is 4.72. The van der Waals surface area contributed by atoms with Gasteiger partial charge in [-0.3, -0.25) is 9.67 Å². The van der Waals surface area contributed by atoms with E-state index in [0.717, 1.165) is 57.5 Å². The number of fused-ring (bicyclic) bond motifs is 2. The smallest absolute Gasteiger partial charge is 0.410 e. The van der Waals surface area contributed by atoms with Crippen molar-refractivity contribution in [2.45, 2.75) is 58.1 Å². The summed E-state index contributed by atoms with van der Waals surface area (Å²) >= 11 is 0. The van der Waals surface area contributed by atoms with Gasteiger partial charge in [-0.15, -0.1) is 0 Å². The zero-order chi connectivity index (χ0) is 25.6. The van der Waals surface area contributed by atoms with Gasteiger partial charge in [0, 0.05) is 54.5 Å². The predicted octanol–water partition coefficient (Wildman–Crippen LogP) is 5.70. The Kier molecular flexibility index (Phi) is 6.06. The molecule has 0 aliphatic carbocycles. The van der Waals surface area contributed by atoms with Gasteiger partial charge in [-0.05, 0) is 70.9 Å². The van der Waals surface area contributed by atoms with Crippen LogP contribution in [0.15, 0.2) is 42.6 Å². The summed E-state index contributed by atoms with van der Waals surface area (Å²) in [6.07, 6.45) is 3.46. The van der Waals surface area contributed by atoms with E-state index >= 15 is 0 Å². The molecule has 8 heteroatoms.